The number of aliphatic hydroxyl groups excluding tert-OH is 1. The molecule has 50 heavy (non-hydrogen) atoms. The minimum absolute atomic E-state index is 0.616. The molecule has 0 spiro atoms. The van der Waals surface area contributed by atoms with Crippen LogP contribution >= 0.6 is 0 Å². The van der Waals surface area contributed by atoms with Crippen LogP contribution in [0.2, 0.25) is 0 Å². The monoisotopic (exact) mass is 642 g/mol. The van der Waals surface area contributed by atoms with Gasteiger partial charge in [0.2, 0.25) is 0 Å². The Kier molecular flexibility index (Phi) is 7.21. The topological polar surface area (TPSA) is 73.1 Å². The van der Waals surface area contributed by atoms with Gasteiger partial charge in [0.15, 0.2) is 0 Å². The van der Waals surface area contributed by atoms with Crippen LogP contribution < -0.4 is 10.7 Å². The van der Waals surface area contributed by atoms with Crippen LogP contribution in [-0.2, 0) is 0 Å². The van der Waals surface area contributed by atoms with Crippen LogP contribution in [0.4, 0.5) is 0 Å². The highest BCUT2D eigenvalue weighted by molar-refractivity contribution is 6.36. The van der Waals surface area contributed by atoms with Crippen molar-refractivity contribution in [3.05, 3.63) is 226 Å². The Hall–Kier alpha value is -6.85. The highest BCUT2D eigenvalue weighted by atomic mass is 16.2. The predicted octanol–water partition coefficient (Wildman–Crippen LogP) is 8.05. The number of H-pyrrole nitrogens is 1. The second-order valence-corrected chi connectivity index (χ2v) is 12.3. The Balaban J connectivity index is 1.43. The van der Waals surface area contributed by atoms with Crippen molar-refractivity contribution in [1.29, 1.82) is 0 Å². The predicted molar refractivity (Wildman–Crippen MR) is 204 cm³/mol. The van der Waals surface area contributed by atoms with Gasteiger partial charge in [-0.2, -0.15) is 0 Å². The molecule has 5 nitrogen and oxygen atoms in total. The van der Waals surface area contributed by atoms with Crippen LogP contribution in [0.25, 0.3) is 22.3 Å². The second-order valence-electron chi connectivity index (χ2n) is 12.3. The van der Waals surface area contributed by atoms with Crippen LogP contribution in [0.5, 0.6) is 0 Å². The first-order chi connectivity index (χ1) is 24.7. The van der Waals surface area contributed by atoms with E-state index in [1.54, 1.807) is 0 Å². The van der Waals surface area contributed by atoms with Crippen molar-refractivity contribution >= 4 is 39.4 Å². The SMILES string of the molecule is O/C=C1/C=C2N=C1C(c1ccccc1)=c1ccc([nH]1)=C(c1ccccc1)C1=NC(=C(c3ccccc3)C3=NC(=C2c2ccccc2)C=C3)C=C1. The van der Waals surface area contributed by atoms with Gasteiger partial charge in [-0.25, -0.2) is 15.0 Å². The fourth-order valence-electron chi connectivity index (χ4n) is 6.96. The van der Waals surface area contributed by atoms with Gasteiger partial charge in [0, 0.05) is 38.6 Å². The smallest absolute Gasteiger partial charge is 0.0886 e. The van der Waals surface area contributed by atoms with Gasteiger partial charge in [0.05, 0.1) is 40.5 Å². The van der Waals surface area contributed by atoms with E-state index in [1.807, 2.05) is 78.9 Å². The van der Waals surface area contributed by atoms with Gasteiger partial charge in [-0.05, 0) is 64.8 Å². The molecule has 8 bridgehead atoms. The molecule has 4 aromatic carbocycles. The summed E-state index contributed by atoms with van der Waals surface area (Å²) in [6, 6.07) is 45.2. The van der Waals surface area contributed by atoms with Gasteiger partial charge in [-0.1, -0.05) is 121 Å². The van der Waals surface area contributed by atoms with Crippen molar-refractivity contribution in [2.24, 2.45) is 15.0 Å². The lowest BCUT2D eigenvalue weighted by Crippen LogP contribution is -2.21. The number of aliphatic imine (C=N–C) groups is 3. The Morgan fingerprint density at radius 3 is 1.42 bits per heavy atom. The third-order valence-electron chi connectivity index (χ3n) is 9.21. The van der Waals surface area contributed by atoms with Crippen molar-refractivity contribution in [3.63, 3.8) is 0 Å². The number of nitrogens with one attached hydrogen (secondary N) is 1. The van der Waals surface area contributed by atoms with E-state index in [0.29, 0.717) is 11.3 Å². The third-order valence-corrected chi connectivity index (χ3v) is 9.21. The highest BCUT2D eigenvalue weighted by Crippen LogP contribution is 2.39. The number of aromatic nitrogens is 1. The molecule has 236 valence electrons. The molecule has 0 atom stereocenters. The lowest BCUT2D eigenvalue weighted by atomic mass is 9.96. The molecule has 0 fully saturated rings. The van der Waals surface area contributed by atoms with Crippen molar-refractivity contribution in [3.8, 4) is 0 Å². The van der Waals surface area contributed by atoms with E-state index in [0.717, 1.165) is 90.0 Å². The Morgan fingerprint density at radius 1 is 0.440 bits per heavy atom. The highest BCUT2D eigenvalue weighted by Gasteiger charge is 2.28. The van der Waals surface area contributed by atoms with E-state index in [9.17, 15) is 5.11 Å². The number of hydrogen-bond donors (Lipinski definition) is 2. The number of nitrogens with zero attached hydrogens (tertiary/aromatic N) is 3. The molecule has 1 aromatic heterocycles. The first-order valence-electron chi connectivity index (χ1n) is 16.6. The number of aromatic amines is 1. The van der Waals surface area contributed by atoms with Gasteiger partial charge >= 0.3 is 0 Å². The van der Waals surface area contributed by atoms with Crippen molar-refractivity contribution < 1.29 is 5.11 Å². The van der Waals surface area contributed by atoms with Gasteiger partial charge < -0.3 is 10.1 Å². The maximum Gasteiger partial charge on any atom is 0.0886 e. The first kappa shape index (κ1) is 29.3. The van der Waals surface area contributed by atoms with Gasteiger partial charge in [-0.3, -0.25) is 0 Å². The summed E-state index contributed by atoms with van der Waals surface area (Å²) in [5, 5.41) is 12.5. The van der Waals surface area contributed by atoms with E-state index in [4.69, 9.17) is 15.0 Å². The molecule has 5 aromatic rings. The molecular formula is C45H30N4O. The number of benzene rings is 4. The molecule has 0 aliphatic carbocycles. The van der Waals surface area contributed by atoms with Gasteiger partial charge in [0.1, 0.15) is 0 Å². The lowest BCUT2D eigenvalue weighted by molar-refractivity contribution is 0.472. The summed E-state index contributed by atoms with van der Waals surface area (Å²) in [6.07, 6.45) is 11.4. The molecule has 0 saturated carbocycles. The van der Waals surface area contributed by atoms with Crippen molar-refractivity contribution in [1.82, 2.24) is 4.98 Å². The third kappa shape index (κ3) is 5.09. The molecule has 0 unspecified atom stereocenters. The van der Waals surface area contributed by atoms with Crippen LogP contribution in [0, 0.1) is 0 Å². The average molecular weight is 643 g/mol. The fraction of sp³-hybridized carbons (Fsp3) is 0. The minimum atomic E-state index is 0.616. The zero-order valence-electron chi connectivity index (χ0n) is 27.0. The fourth-order valence-corrected chi connectivity index (χ4v) is 6.96. The lowest BCUT2D eigenvalue weighted by Gasteiger charge is -2.12. The number of hydrogen-bond acceptors (Lipinski definition) is 4. The summed E-state index contributed by atoms with van der Waals surface area (Å²) >= 11 is 0. The zero-order valence-corrected chi connectivity index (χ0v) is 27.0. The van der Waals surface area contributed by atoms with Gasteiger partial charge in [-0.15, -0.1) is 0 Å². The molecule has 2 N–H and O–H groups in total. The van der Waals surface area contributed by atoms with Crippen LogP contribution in [0.3, 0.4) is 0 Å². The molecular weight excluding hydrogens is 613 g/mol. The standard InChI is InChI=1S/C45H30N4O/c50-28-33-27-40-43(31-17-9-3-10-18-31)38-24-23-36(47-38)41(29-13-5-1-6-14-29)34-21-22-35(46-34)42(30-15-7-2-8-16-30)37-25-26-39(48-37)44(45(33)49-40)32-19-11-4-12-20-32/h1-28,48,50H/b33-28-,41-34?,42-37?,43-38?,44-39?. The van der Waals surface area contributed by atoms with Crippen LogP contribution in [0.15, 0.2) is 208 Å². The molecule has 4 aliphatic rings. The van der Waals surface area contributed by atoms with E-state index in [1.165, 1.54) is 0 Å². The summed E-state index contributed by atoms with van der Waals surface area (Å²) in [5.41, 5.74) is 13.0. The molecule has 9 rings (SSSR count). The summed E-state index contributed by atoms with van der Waals surface area (Å²) in [6.45, 7) is 0. The molecule has 4 aliphatic heterocycles. The van der Waals surface area contributed by atoms with E-state index >= 15 is 0 Å². The number of allylic oxidation sites excluding steroid dienone is 8. The Labute approximate surface area is 289 Å². The quantitative estimate of drug-likeness (QED) is 0.191. The van der Waals surface area contributed by atoms with Gasteiger partial charge in [0.25, 0.3) is 0 Å². The number of aliphatic hydroxyl groups is 1. The number of rotatable bonds is 4. The second kappa shape index (κ2) is 12.3. The van der Waals surface area contributed by atoms with Crippen LogP contribution in [0.1, 0.15) is 22.3 Å². The Morgan fingerprint density at radius 2 is 0.880 bits per heavy atom. The van der Waals surface area contributed by atoms with E-state index < -0.39 is 0 Å². The molecule has 5 heterocycles. The average Bonchev–Trinajstić information content (AvgIpc) is 4.00. The molecule has 0 saturated heterocycles. The summed E-state index contributed by atoms with van der Waals surface area (Å²) in [4.78, 5) is 19.7. The largest absolute Gasteiger partial charge is 0.515 e. The zero-order chi connectivity index (χ0) is 33.4. The first-order valence-corrected chi connectivity index (χ1v) is 16.6. The summed E-state index contributed by atoms with van der Waals surface area (Å²) < 4.78 is 0. The van der Waals surface area contributed by atoms with Crippen molar-refractivity contribution in [2.45, 2.75) is 0 Å². The molecule has 0 radical (unpaired) electrons. The summed E-state index contributed by atoms with van der Waals surface area (Å²) in [7, 11) is 0. The Bertz CT molecular complexity index is 2590. The maximum absolute atomic E-state index is 10.7. The van der Waals surface area contributed by atoms with Crippen LogP contribution in [-0.4, -0.2) is 27.2 Å². The van der Waals surface area contributed by atoms with Crippen molar-refractivity contribution in [2.75, 3.05) is 0 Å². The van der Waals surface area contributed by atoms with E-state index in [-0.39, 0.29) is 0 Å². The molecule has 0 amide bonds. The molecule has 5 heteroatoms. The normalized spacial score (nSPS) is 17.4. The minimum Gasteiger partial charge on any atom is -0.515 e. The number of fused-ring (bicyclic) bond motifs is 5. The maximum atomic E-state index is 10.7. The van der Waals surface area contributed by atoms with E-state index in [2.05, 4.69) is 90.0 Å². The summed E-state index contributed by atoms with van der Waals surface area (Å²) in [5.74, 6) is 0.